The van der Waals surface area contributed by atoms with E-state index in [4.69, 9.17) is 5.11 Å². The van der Waals surface area contributed by atoms with Crippen LogP contribution in [-0.4, -0.2) is 24.5 Å². The van der Waals surface area contributed by atoms with Crippen LogP contribution in [0.1, 0.15) is 21.5 Å². The van der Waals surface area contributed by atoms with Gasteiger partial charge in [0.2, 0.25) is 0 Å². The quantitative estimate of drug-likeness (QED) is 0.477. The first-order valence-corrected chi connectivity index (χ1v) is 10.7. The lowest BCUT2D eigenvalue weighted by atomic mass is 10.1. The van der Waals surface area contributed by atoms with Gasteiger partial charge in [-0.25, -0.2) is 13.2 Å². The van der Waals surface area contributed by atoms with Gasteiger partial charge in [-0.05, 0) is 48.5 Å². The van der Waals surface area contributed by atoms with E-state index in [1.165, 1.54) is 18.2 Å². The Labute approximate surface area is 179 Å². The summed E-state index contributed by atoms with van der Waals surface area (Å²) >= 11 is 0. The fourth-order valence-corrected chi connectivity index (χ4v) is 4.27. The second-order valence-electron chi connectivity index (χ2n) is 6.61. The Morgan fingerprint density at radius 1 is 0.871 bits per heavy atom. The van der Waals surface area contributed by atoms with Crippen LogP contribution in [0, 0.1) is 11.8 Å². The van der Waals surface area contributed by atoms with Crippen molar-refractivity contribution in [1.82, 2.24) is 4.98 Å². The number of rotatable bonds is 4. The summed E-state index contributed by atoms with van der Waals surface area (Å²) in [4.78, 5) is 15.3. The molecule has 6 nitrogen and oxygen atoms in total. The Kier molecular flexibility index (Phi) is 5.39. The summed E-state index contributed by atoms with van der Waals surface area (Å²) in [7, 11) is -3.91. The zero-order chi connectivity index (χ0) is 21.8. The number of benzene rings is 3. The molecule has 0 radical (unpaired) electrons. The van der Waals surface area contributed by atoms with E-state index in [0.717, 1.165) is 5.39 Å². The molecule has 0 spiro atoms. The molecule has 0 aliphatic rings. The third-order valence-corrected chi connectivity index (χ3v) is 5.93. The minimum Gasteiger partial charge on any atom is -0.478 e. The van der Waals surface area contributed by atoms with Crippen molar-refractivity contribution in [1.29, 1.82) is 0 Å². The lowest BCUT2D eigenvalue weighted by Crippen LogP contribution is -2.14. The highest BCUT2D eigenvalue weighted by Crippen LogP contribution is 2.24. The van der Waals surface area contributed by atoms with Gasteiger partial charge in [0.15, 0.2) is 0 Å². The number of hydrogen-bond donors (Lipinski definition) is 2. The summed E-state index contributed by atoms with van der Waals surface area (Å²) in [6.45, 7) is 0. The standard InChI is InChI=1S/C24H16N2O4S/c27-24(28)20-14-11-17(12-15-20)10-13-18-5-1-2-8-21(18)26-31(29,30)22-9-3-6-19-7-4-16-25-23(19)22/h1-9,11-12,14-16,26H,(H,27,28). The SMILES string of the molecule is O=C(O)c1ccc(C#Cc2ccccc2NS(=O)(=O)c2cccc3cccnc23)cc1. The lowest BCUT2D eigenvalue weighted by Gasteiger charge is -2.11. The number of carboxylic acids is 1. The van der Waals surface area contributed by atoms with Crippen molar-refractivity contribution >= 4 is 32.6 Å². The molecule has 0 aliphatic carbocycles. The van der Waals surface area contributed by atoms with E-state index >= 15 is 0 Å². The number of para-hydroxylation sites is 2. The lowest BCUT2D eigenvalue weighted by molar-refractivity contribution is 0.0697. The monoisotopic (exact) mass is 428 g/mol. The molecule has 31 heavy (non-hydrogen) atoms. The van der Waals surface area contributed by atoms with E-state index in [-0.39, 0.29) is 10.5 Å². The Hall–Kier alpha value is -4.15. The van der Waals surface area contributed by atoms with Gasteiger partial charge in [-0.3, -0.25) is 9.71 Å². The minimum atomic E-state index is -3.91. The zero-order valence-corrected chi connectivity index (χ0v) is 16.9. The predicted octanol–water partition coefficient (Wildman–Crippen LogP) is 4.13. The number of carboxylic acid groups (broad SMARTS) is 1. The topological polar surface area (TPSA) is 96.4 Å². The molecule has 0 amide bonds. The normalized spacial score (nSPS) is 10.8. The van der Waals surface area contributed by atoms with Gasteiger partial charge in [0.05, 0.1) is 16.8 Å². The first-order valence-electron chi connectivity index (χ1n) is 9.25. The van der Waals surface area contributed by atoms with Crippen molar-refractivity contribution in [3.8, 4) is 11.8 Å². The molecule has 1 heterocycles. The average molecular weight is 428 g/mol. The van der Waals surface area contributed by atoms with Gasteiger partial charge in [-0.1, -0.05) is 42.2 Å². The first-order chi connectivity index (χ1) is 14.9. The molecule has 1 aromatic heterocycles. The molecule has 0 saturated heterocycles. The highest BCUT2D eigenvalue weighted by molar-refractivity contribution is 7.93. The van der Waals surface area contributed by atoms with E-state index in [1.807, 2.05) is 0 Å². The molecule has 0 bridgehead atoms. The molecule has 152 valence electrons. The molecule has 3 aromatic carbocycles. The molecular formula is C24H16N2O4S. The number of aromatic carboxylic acids is 1. The maximum Gasteiger partial charge on any atom is 0.335 e. The van der Waals surface area contributed by atoms with E-state index in [0.29, 0.717) is 22.3 Å². The van der Waals surface area contributed by atoms with Crippen LogP contribution < -0.4 is 4.72 Å². The summed E-state index contributed by atoms with van der Waals surface area (Å²) in [6, 6.07) is 21.5. The Morgan fingerprint density at radius 3 is 2.39 bits per heavy atom. The molecule has 0 fully saturated rings. The number of anilines is 1. The Balaban J connectivity index is 1.67. The van der Waals surface area contributed by atoms with E-state index < -0.39 is 16.0 Å². The molecule has 4 aromatic rings. The highest BCUT2D eigenvalue weighted by Gasteiger charge is 2.19. The van der Waals surface area contributed by atoms with Crippen molar-refractivity contribution < 1.29 is 18.3 Å². The van der Waals surface area contributed by atoms with Crippen molar-refractivity contribution in [3.05, 3.63) is 102 Å². The summed E-state index contributed by atoms with van der Waals surface area (Å²) < 4.78 is 28.8. The van der Waals surface area contributed by atoms with Gasteiger partial charge in [-0.2, -0.15) is 0 Å². The first kappa shape index (κ1) is 20.1. The summed E-state index contributed by atoms with van der Waals surface area (Å²) in [5, 5.41) is 9.71. The van der Waals surface area contributed by atoms with Gasteiger partial charge in [-0.15, -0.1) is 0 Å². The van der Waals surface area contributed by atoms with Crippen molar-refractivity contribution in [2.45, 2.75) is 4.90 Å². The fraction of sp³-hybridized carbons (Fsp3) is 0. The van der Waals surface area contributed by atoms with E-state index in [9.17, 15) is 13.2 Å². The van der Waals surface area contributed by atoms with Gasteiger partial charge in [0.25, 0.3) is 10.0 Å². The van der Waals surface area contributed by atoms with Crippen molar-refractivity contribution in [2.24, 2.45) is 0 Å². The van der Waals surface area contributed by atoms with Crippen LogP contribution >= 0.6 is 0 Å². The van der Waals surface area contributed by atoms with Crippen molar-refractivity contribution in [2.75, 3.05) is 4.72 Å². The summed E-state index contributed by atoms with van der Waals surface area (Å²) in [5.41, 5.74) is 1.99. The van der Waals surface area contributed by atoms with E-state index in [2.05, 4.69) is 21.5 Å². The minimum absolute atomic E-state index is 0.0811. The number of carbonyl (C=O) groups is 1. The third kappa shape index (κ3) is 4.39. The van der Waals surface area contributed by atoms with Crippen molar-refractivity contribution in [3.63, 3.8) is 0 Å². The average Bonchev–Trinajstić information content (AvgIpc) is 2.78. The molecule has 0 atom stereocenters. The Morgan fingerprint density at radius 2 is 1.61 bits per heavy atom. The van der Waals surface area contributed by atoms with Gasteiger partial charge in [0.1, 0.15) is 4.90 Å². The smallest absolute Gasteiger partial charge is 0.335 e. The number of sulfonamides is 1. The third-order valence-electron chi connectivity index (χ3n) is 4.53. The van der Waals surface area contributed by atoms with E-state index in [1.54, 1.807) is 66.9 Å². The Bertz CT molecular complexity index is 1450. The second kappa shape index (κ2) is 8.30. The van der Waals surface area contributed by atoms with Crippen LogP contribution in [0.5, 0.6) is 0 Å². The van der Waals surface area contributed by atoms with Crippen LogP contribution in [0.15, 0.2) is 90.0 Å². The van der Waals surface area contributed by atoms with Gasteiger partial charge in [0, 0.05) is 22.7 Å². The maximum atomic E-state index is 13.1. The second-order valence-corrected chi connectivity index (χ2v) is 8.27. The molecule has 2 N–H and O–H groups in total. The molecular weight excluding hydrogens is 412 g/mol. The molecule has 7 heteroatoms. The molecule has 4 rings (SSSR count). The largest absolute Gasteiger partial charge is 0.478 e. The van der Waals surface area contributed by atoms with Gasteiger partial charge >= 0.3 is 5.97 Å². The number of pyridine rings is 1. The summed E-state index contributed by atoms with van der Waals surface area (Å²) in [5.74, 6) is 4.87. The number of nitrogens with zero attached hydrogens (tertiary/aromatic N) is 1. The van der Waals surface area contributed by atoms with Crippen LogP contribution in [0.4, 0.5) is 5.69 Å². The predicted molar refractivity (Wildman–Crippen MR) is 118 cm³/mol. The number of fused-ring (bicyclic) bond motifs is 1. The maximum absolute atomic E-state index is 13.1. The van der Waals surface area contributed by atoms with Crippen LogP contribution in [0.3, 0.4) is 0 Å². The zero-order valence-electron chi connectivity index (χ0n) is 16.1. The van der Waals surface area contributed by atoms with Crippen LogP contribution in [0.25, 0.3) is 10.9 Å². The number of hydrogen-bond acceptors (Lipinski definition) is 4. The van der Waals surface area contributed by atoms with Crippen LogP contribution in [-0.2, 0) is 10.0 Å². The number of aromatic nitrogens is 1. The summed E-state index contributed by atoms with van der Waals surface area (Å²) in [6.07, 6.45) is 1.55. The molecule has 0 aliphatic heterocycles. The molecule has 0 unspecified atom stereocenters. The fourth-order valence-electron chi connectivity index (χ4n) is 3.01. The molecule has 0 saturated carbocycles. The highest BCUT2D eigenvalue weighted by atomic mass is 32.2. The number of nitrogens with one attached hydrogen (secondary N) is 1. The van der Waals surface area contributed by atoms with Crippen LogP contribution in [0.2, 0.25) is 0 Å². The van der Waals surface area contributed by atoms with Gasteiger partial charge < -0.3 is 5.11 Å².